The van der Waals surface area contributed by atoms with Gasteiger partial charge in [0.25, 0.3) is 5.69 Å². The van der Waals surface area contributed by atoms with Gasteiger partial charge < -0.3 is 10.6 Å². The fraction of sp³-hybridized carbons (Fsp3) is 0.385. The van der Waals surface area contributed by atoms with Gasteiger partial charge in [0, 0.05) is 11.9 Å². The van der Waals surface area contributed by atoms with Crippen LogP contribution in [0.2, 0.25) is 0 Å². The molecule has 0 spiro atoms. The molecule has 2 aromatic rings. The van der Waals surface area contributed by atoms with Gasteiger partial charge in [-0.1, -0.05) is 6.92 Å². The largest absolute Gasteiger partial charge is 0.370 e. The first kappa shape index (κ1) is 15.2. The Labute approximate surface area is 126 Å². The highest BCUT2D eigenvalue weighted by molar-refractivity contribution is 7.09. The topological polar surface area (TPSA) is 93.0 Å². The number of nitrogens with one attached hydrogen (secondary N) is 2. The van der Waals surface area contributed by atoms with Gasteiger partial charge in [0.1, 0.15) is 11.6 Å². The molecule has 0 fully saturated rings. The third kappa shape index (κ3) is 4.38. The molecule has 0 aliphatic carbocycles. The summed E-state index contributed by atoms with van der Waals surface area (Å²) >= 11 is 1.57. The van der Waals surface area contributed by atoms with E-state index in [9.17, 15) is 10.1 Å². The standard InChI is InChI=1S/C13H17N5O2S/c1-3-4-14-12-5-11(18(19)20)6-13(17-12)15-7-10-8-21-9(2)16-10/h5-6,8H,3-4,7H2,1-2H3,(H2,14,15,17). The summed E-state index contributed by atoms with van der Waals surface area (Å²) in [6.07, 6.45) is 0.922. The third-order valence-electron chi connectivity index (χ3n) is 2.69. The zero-order chi connectivity index (χ0) is 15.2. The average molecular weight is 307 g/mol. The van der Waals surface area contributed by atoms with Crippen LogP contribution in [0.1, 0.15) is 24.0 Å². The molecule has 0 amide bonds. The van der Waals surface area contributed by atoms with Gasteiger partial charge >= 0.3 is 0 Å². The fourth-order valence-electron chi connectivity index (χ4n) is 1.73. The molecule has 0 bridgehead atoms. The molecular formula is C13H17N5O2S. The van der Waals surface area contributed by atoms with Crippen molar-refractivity contribution in [2.24, 2.45) is 0 Å². The zero-order valence-corrected chi connectivity index (χ0v) is 12.7. The van der Waals surface area contributed by atoms with E-state index in [4.69, 9.17) is 0 Å². The highest BCUT2D eigenvalue weighted by atomic mass is 32.1. The van der Waals surface area contributed by atoms with Gasteiger partial charge in [0.15, 0.2) is 0 Å². The van der Waals surface area contributed by atoms with E-state index >= 15 is 0 Å². The molecule has 2 aromatic heterocycles. The second-order valence-corrected chi connectivity index (χ2v) is 5.55. The number of hydrogen-bond donors (Lipinski definition) is 2. The fourth-order valence-corrected chi connectivity index (χ4v) is 2.34. The molecule has 2 N–H and O–H groups in total. The number of rotatable bonds is 7. The van der Waals surface area contributed by atoms with E-state index in [0.717, 1.165) is 23.7 Å². The van der Waals surface area contributed by atoms with Gasteiger partial charge in [-0.05, 0) is 13.3 Å². The summed E-state index contributed by atoms with van der Waals surface area (Å²) in [5, 5.41) is 20.1. The van der Waals surface area contributed by atoms with Crippen LogP contribution in [-0.2, 0) is 6.54 Å². The smallest absolute Gasteiger partial charge is 0.276 e. The first-order valence-corrected chi connectivity index (χ1v) is 7.51. The Morgan fingerprint density at radius 1 is 1.29 bits per heavy atom. The maximum absolute atomic E-state index is 11.0. The monoisotopic (exact) mass is 307 g/mol. The van der Waals surface area contributed by atoms with Crippen molar-refractivity contribution in [3.05, 3.63) is 38.3 Å². The van der Waals surface area contributed by atoms with Crippen molar-refractivity contribution in [1.82, 2.24) is 9.97 Å². The second-order valence-electron chi connectivity index (χ2n) is 4.49. The lowest BCUT2D eigenvalue weighted by atomic mass is 10.3. The van der Waals surface area contributed by atoms with Crippen LogP contribution >= 0.6 is 11.3 Å². The minimum absolute atomic E-state index is 0.0144. The van der Waals surface area contributed by atoms with Crippen LogP contribution in [-0.4, -0.2) is 21.4 Å². The molecule has 2 rings (SSSR count). The van der Waals surface area contributed by atoms with E-state index in [-0.39, 0.29) is 5.69 Å². The van der Waals surface area contributed by atoms with Crippen molar-refractivity contribution in [2.75, 3.05) is 17.2 Å². The van der Waals surface area contributed by atoms with Crippen LogP contribution < -0.4 is 10.6 Å². The molecule has 0 radical (unpaired) electrons. The first-order valence-electron chi connectivity index (χ1n) is 6.63. The van der Waals surface area contributed by atoms with Crippen molar-refractivity contribution in [1.29, 1.82) is 0 Å². The third-order valence-corrected chi connectivity index (χ3v) is 3.52. The molecule has 0 aliphatic heterocycles. The number of nitro groups is 1. The molecule has 0 aliphatic rings. The Hall–Kier alpha value is -2.22. The first-order chi connectivity index (χ1) is 10.1. The number of aryl methyl sites for hydroxylation is 1. The predicted molar refractivity (Wildman–Crippen MR) is 83.8 cm³/mol. The molecule has 0 unspecified atom stereocenters. The number of hydrogen-bond acceptors (Lipinski definition) is 7. The quantitative estimate of drug-likeness (QED) is 0.603. The van der Waals surface area contributed by atoms with E-state index in [0.29, 0.717) is 18.2 Å². The van der Waals surface area contributed by atoms with Gasteiger partial charge in [-0.15, -0.1) is 11.3 Å². The van der Waals surface area contributed by atoms with Crippen molar-refractivity contribution in [2.45, 2.75) is 26.8 Å². The molecule has 2 heterocycles. The second kappa shape index (κ2) is 6.98. The summed E-state index contributed by atoms with van der Waals surface area (Å²) in [4.78, 5) is 19.2. The highest BCUT2D eigenvalue weighted by Gasteiger charge is 2.11. The van der Waals surface area contributed by atoms with Crippen molar-refractivity contribution in [3.8, 4) is 0 Å². The number of aromatic nitrogens is 2. The number of thiazole rings is 1. The van der Waals surface area contributed by atoms with Gasteiger partial charge in [-0.3, -0.25) is 10.1 Å². The number of pyridine rings is 1. The minimum Gasteiger partial charge on any atom is -0.370 e. The summed E-state index contributed by atoms with van der Waals surface area (Å²) in [6.45, 7) is 5.17. The van der Waals surface area contributed by atoms with E-state index in [2.05, 4.69) is 20.6 Å². The molecule has 0 atom stereocenters. The van der Waals surface area contributed by atoms with Crippen LogP contribution in [0.15, 0.2) is 17.5 Å². The van der Waals surface area contributed by atoms with Gasteiger partial charge in [0.2, 0.25) is 0 Å². The Kier molecular flexibility index (Phi) is 5.04. The maximum atomic E-state index is 11.0. The van der Waals surface area contributed by atoms with Crippen LogP contribution in [0.3, 0.4) is 0 Å². The SMILES string of the molecule is CCCNc1cc([N+](=O)[O-])cc(NCc2csc(C)n2)n1. The van der Waals surface area contributed by atoms with Crippen LogP contribution in [0, 0.1) is 17.0 Å². The van der Waals surface area contributed by atoms with E-state index in [1.807, 2.05) is 19.2 Å². The van der Waals surface area contributed by atoms with E-state index in [1.54, 1.807) is 11.3 Å². The Morgan fingerprint density at radius 3 is 2.57 bits per heavy atom. The molecular weight excluding hydrogens is 290 g/mol. The van der Waals surface area contributed by atoms with E-state index in [1.165, 1.54) is 12.1 Å². The normalized spacial score (nSPS) is 10.4. The summed E-state index contributed by atoms with van der Waals surface area (Å²) in [5.41, 5.74) is 0.912. The van der Waals surface area contributed by atoms with Gasteiger partial charge in [-0.25, -0.2) is 9.97 Å². The Morgan fingerprint density at radius 2 is 2.00 bits per heavy atom. The lowest BCUT2D eigenvalue weighted by molar-refractivity contribution is -0.384. The average Bonchev–Trinajstić information content (AvgIpc) is 2.88. The molecule has 0 aromatic carbocycles. The molecule has 0 saturated carbocycles. The van der Waals surface area contributed by atoms with Crippen LogP contribution in [0.4, 0.5) is 17.3 Å². The Balaban J connectivity index is 2.12. The number of anilines is 2. The summed E-state index contributed by atoms with van der Waals surface area (Å²) in [7, 11) is 0. The minimum atomic E-state index is -0.420. The molecule has 7 nitrogen and oxygen atoms in total. The highest BCUT2D eigenvalue weighted by Crippen LogP contribution is 2.21. The Bertz CT molecular complexity index is 629. The van der Waals surface area contributed by atoms with Crippen LogP contribution in [0.5, 0.6) is 0 Å². The zero-order valence-electron chi connectivity index (χ0n) is 11.9. The van der Waals surface area contributed by atoms with Gasteiger partial charge in [-0.2, -0.15) is 0 Å². The van der Waals surface area contributed by atoms with E-state index < -0.39 is 4.92 Å². The van der Waals surface area contributed by atoms with Crippen LogP contribution in [0.25, 0.3) is 0 Å². The molecule has 0 saturated heterocycles. The molecule has 21 heavy (non-hydrogen) atoms. The molecule has 8 heteroatoms. The number of nitrogens with zero attached hydrogens (tertiary/aromatic N) is 3. The van der Waals surface area contributed by atoms with Crippen molar-refractivity contribution in [3.63, 3.8) is 0 Å². The summed E-state index contributed by atoms with van der Waals surface area (Å²) < 4.78 is 0. The lowest BCUT2D eigenvalue weighted by Gasteiger charge is -2.08. The molecule has 112 valence electrons. The maximum Gasteiger partial charge on any atom is 0.276 e. The van der Waals surface area contributed by atoms with Crippen molar-refractivity contribution < 1.29 is 4.92 Å². The lowest BCUT2D eigenvalue weighted by Crippen LogP contribution is -2.07. The van der Waals surface area contributed by atoms with Gasteiger partial charge in [0.05, 0.1) is 34.3 Å². The van der Waals surface area contributed by atoms with Crippen molar-refractivity contribution >= 4 is 28.7 Å². The summed E-state index contributed by atoms with van der Waals surface area (Å²) in [5.74, 6) is 0.969. The summed E-state index contributed by atoms with van der Waals surface area (Å²) in [6, 6.07) is 2.87. The predicted octanol–water partition coefficient (Wildman–Crippen LogP) is 3.19.